The molecule has 0 amide bonds. The van der Waals surface area contributed by atoms with Crippen LogP contribution in [0.5, 0.6) is 0 Å². The van der Waals surface area contributed by atoms with Crippen molar-refractivity contribution in [3.05, 3.63) is 0 Å². The molecule has 1 heterocycles. The maximum Gasteiger partial charge on any atom is 0.341 e. The number of rotatable bonds is 4. The van der Waals surface area contributed by atoms with E-state index in [9.17, 15) is 4.79 Å². The summed E-state index contributed by atoms with van der Waals surface area (Å²) >= 11 is 0. The molecule has 0 bridgehead atoms. The van der Waals surface area contributed by atoms with Gasteiger partial charge in [0.25, 0.3) is 0 Å². The molecule has 0 saturated carbocycles. The summed E-state index contributed by atoms with van der Waals surface area (Å²) in [6.07, 6.45) is 0. The molecule has 1 saturated heterocycles. The summed E-state index contributed by atoms with van der Waals surface area (Å²) in [5, 5.41) is 0. The number of esters is 1. The van der Waals surface area contributed by atoms with Gasteiger partial charge in [0.15, 0.2) is 5.60 Å². The minimum absolute atomic E-state index is 0.0411. The maximum atomic E-state index is 11.9. The fourth-order valence-electron chi connectivity index (χ4n) is 2.35. The minimum Gasteiger partial charge on any atom is -0.467 e. The van der Waals surface area contributed by atoms with Crippen LogP contribution in [-0.2, 0) is 19.0 Å². The van der Waals surface area contributed by atoms with Gasteiger partial charge < -0.3 is 14.2 Å². The van der Waals surface area contributed by atoms with Gasteiger partial charge in [-0.2, -0.15) is 0 Å². The standard InChI is InChI=1S/C12H22O4/c1-8(2)12(9(13)14-6)11(5,16-12)10(3,4)15-7/h8H,1-7H3. The highest BCUT2D eigenvalue weighted by molar-refractivity contribution is 5.85. The molecule has 0 aromatic carbocycles. The Morgan fingerprint density at radius 2 is 1.81 bits per heavy atom. The highest BCUT2D eigenvalue weighted by atomic mass is 16.7. The predicted octanol–water partition coefficient (Wildman–Crippen LogP) is 1.77. The first-order valence-electron chi connectivity index (χ1n) is 5.53. The van der Waals surface area contributed by atoms with Crippen LogP contribution in [0.3, 0.4) is 0 Å². The Morgan fingerprint density at radius 1 is 1.31 bits per heavy atom. The van der Waals surface area contributed by atoms with Crippen molar-refractivity contribution in [2.24, 2.45) is 5.92 Å². The first-order chi connectivity index (χ1) is 7.19. The van der Waals surface area contributed by atoms with Gasteiger partial charge >= 0.3 is 5.97 Å². The lowest BCUT2D eigenvalue weighted by Crippen LogP contribution is -2.50. The molecular weight excluding hydrogens is 208 g/mol. The molecule has 0 aliphatic carbocycles. The zero-order chi connectivity index (χ0) is 12.8. The Kier molecular flexibility index (Phi) is 3.12. The monoisotopic (exact) mass is 230 g/mol. The zero-order valence-electron chi connectivity index (χ0n) is 11.2. The van der Waals surface area contributed by atoms with E-state index in [1.165, 1.54) is 7.11 Å². The van der Waals surface area contributed by atoms with Crippen LogP contribution in [0, 0.1) is 5.92 Å². The third-order valence-corrected chi connectivity index (χ3v) is 3.99. The molecule has 0 aromatic rings. The fourth-order valence-corrected chi connectivity index (χ4v) is 2.35. The Bertz CT molecular complexity index is 297. The van der Waals surface area contributed by atoms with Crippen LogP contribution in [0.25, 0.3) is 0 Å². The second-order valence-corrected chi connectivity index (χ2v) is 5.23. The molecule has 16 heavy (non-hydrogen) atoms. The van der Waals surface area contributed by atoms with Gasteiger partial charge in [-0.25, -0.2) is 4.79 Å². The molecule has 1 aliphatic heterocycles. The number of hydrogen-bond acceptors (Lipinski definition) is 4. The number of methoxy groups -OCH3 is 2. The topological polar surface area (TPSA) is 48.1 Å². The molecular formula is C12H22O4. The van der Waals surface area contributed by atoms with Crippen LogP contribution in [0.2, 0.25) is 0 Å². The molecule has 4 heteroatoms. The van der Waals surface area contributed by atoms with E-state index >= 15 is 0 Å². The van der Waals surface area contributed by atoms with Gasteiger partial charge in [-0.1, -0.05) is 13.8 Å². The molecule has 0 spiro atoms. The lowest BCUT2D eigenvalue weighted by Gasteiger charge is -2.31. The number of hydrogen-bond donors (Lipinski definition) is 0. The molecule has 0 aromatic heterocycles. The molecule has 2 unspecified atom stereocenters. The van der Waals surface area contributed by atoms with Crippen LogP contribution in [0.1, 0.15) is 34.6 Å². The third-order valence-electron chi connectivity index (χ3n) is 3.99. The fraction of sp³-hybridized carbons (Fsp3) is 0.917. The van der Waals surface area contributed by atoms with Crippen LogP contribution in [0.4, 0.5) is 0 Å². The Morgan fingerprint density at radius 3 is 2.12 bits per heavy atom. The van der Waals surface area contributed by atoms with E-state index in [0.29, 0.717) is 0 Å². The van der Waals surface area contributed by atoms with Crippen molar-refractivity contribution < 1.29 is 19.0 Å². The summed E-state index contributed by atoms with van der Waals surface area (Å²) in [6.45, 7) is 9.63. The highest BCUT2D eigenvalue weighted by Crippen LogP contribution is 2.59. The number of ether oxygens (including phenoxy) is 3. The van der Waals surface area contributed by atoms with Gasteiger partial charge in [0.2, 0.25) is 0 Å². The van der Waals surface area contributed by atoms with Gasteiger partial charge in [-0.3, -0.25) is 0 Å². The van der Waals surface area contributed by atoms with Crippen molar-refractivity contribution in [1.82, 2.24) is 0 Å². The van der Waals surface area contributed by atoms with Gasteiger partial charge in [0.05, 0.1) is 12.7 Å². The largest absolute Gasteiger partial charge is 0.467 e. The molecule has 2 atom stereocenters. The lowest BCUT2D eigenvalue weighted by molar-refractivity contribution is -0.149. The average molecular weight is 230 g/mol. The Balaban J connectivity index is 3.10. The summed E-state index contributed by atoms with van der Waals surface area (Å²) in [4.78, 5) is 11.9. The van der Waals surface area contributed by atoms with E-state index in [4.69, 9.17) is 14.2 Å². The molecule has 0 N–H and O–H groups in total. The second-order valence-electron chi connectivity index (χ2n) is 5.23. The zero-order valence-corrected chi connectivity index (χ0v) is 11.2. The van der Waals surface area contributed by atoms with Crippen molar-refractivity contribution >= 4 is 5.97 Å². The van der Waals surface area contributed by atoms with E-state index in [-0.39, 0.29) is 11.9 Å². The van der Waals surface area contributed by atoms with E-state index in [2.05, 4.69) is 0 Å². The average Bonchev–Trinajstić information content (AvgIpc) is 2.87. The number of carbonyl (C=O) groups is 1. The summed E-state index contributed by atoms with van der Waals surface area (Å²) < 4.78 is 16.0. The summed E-state index contributed by atoms with van der Waals surface area (Å²) in [5.41, 5.74) is -2.07. The molecule has 4 nitrogen and oxygen atoms in total. The number of epoxide rings is 1. The van der Waals surface area contributed by atoms with E-state index in [1.807, 2.05) is 34.6 Å². The van der Waals surface area contributed by atoms with Crippen molar-refractivity contribution in [2.45, 2.75) is 51.4 Å². The lowest BCUT2D eigenvalue weighted by atomic mass is 9.76. The van der Waals surface area contributed by atoms with Crippen molar-refractivity contribution in [3.63, 3.8) is 0 Å². The normalized spacial score (nSPS) is 34.0. The minimum atomic E-state index is -0.888. The molecule has 94 valence electrons. The quantitative estimate of drug-likeness (QED) is 0.545. The Hall–Kier alpha value is -0.610. The first-order valence-corrected chi connectivity index (χ1v) is 5.53. The first kappa shape index (κ1) is 13.5. The van der Waals surface area contributed by atoms with Crippen LogP contribution in [0.15, 0.2) is 0 Å². The van der Waals surface area contributed by atoms with Gasteiger partial charge in [-0.05, 0) is 26.7 Å². The van der Waals surface area contributed by atoms with E-state index in [1.54, 1.807) is 7.11 Å². The summed E-state index contributed by atoms with van der Waals surface area (Å²) in [6, 6.07) is 0. The van der Waals surface area contributed by atoms with Crippen LogP contribution < -0.4 is 0 Å². The maximum absolute atomic E-state index is 11.9. The van der Waals surface area contributed by atoms with Crippen LogP contribution >= 0.6 is 0 Å². The van der Waals surface area contributed by atoms with Crippen molar-refractivity contribution in [1.29, 1.82) is 0 Å². The Labute approximate surface area is 97.2 Å². The summed E-state index contributed by atoms with van der Waals surface area (Å²) in [5.74, 6) is -0.283. The van der Waals surface area contributed by atoms with Crippen molar-refractivity contribution in [2.75, 3.05) is 14.2 Å². The SMILES string of the molecule is COC(=O)C1(C(C)C)OC1(C)C(C)(C)OC. The third kappa shape index (κ3) is 1.39. The predicted molar refractivity (Wildman–Crippen MR) is 60.2 cm³/mol. The second kappa shape index (κ2) is 3.70. The van der Waals surface area contributed by atoms with E-state index < -0.39 is 16.8 Å². The molecule has 1 fully saturated rings. The smallest absolute Gasteiger partial charge is 0.341 e. The molecule has 1 aliphatic rings. The highest BCUT2D eigenvalue weighted by Gasteiger charge is 2.79. The van der Waals surface area contributed by atoms with Crippen molar-refractivity contribution in [3.8, 4) is 0 Å². The van der Waals surface area contributed by atoms with E-state index in [0.717, 1.165) is 0 Å². The summed E-state index contributed by atoms with van der Waals surface area (Å²) in [7, 11) is 3.00. The number of carbonyl (C=O) groups excluding carboxylic acids is 1. The van der Waals surface area contributed by atoms with Gasteiger partial charge in [0.1, 0.15) is 5.60 Å². The van der Waals surface area contributed by atoms with Gasteiger partial charge in [0, 0.05) is 7.11 Å². The molecule has 1 rings (SSSR count). The van der Waals surface area contributed by atoms with Gasteiger partial charge in [-0.15, -0.1) is 0 Å². The van der Waals surface area contributed by atoms with Crippen LogP contribution in [-0.4, -0.2) is 37.0 Å². The molecule has 0 radical (unpaired) electrons.